The van der Waals surface area contributed by atoms with Gasteiger partial charge in [0.05, 0.1) is 24.4 Å². The number of thioether (sulfide) groups is 1. The van der Waals surface area contributed by atoms with Crippen LogP contribution in [0.5, 0.6) is 0 Å². The van der Waals surface area contributed by atoms with Gasteiger partial charge in [-0.2, -0.15) is 0 Å². The number of aromatic carboxylic acids is 1. The highest BCUT2D eigenvalue weighted by molar-refractivity contribution is 7.99. The topological polar surface area (TPSA) is 118 Å². The van der Waals surface area contributed by atoms with Gasteiger partial charge < -0.3 is 25.0 Å². The number of nitrogens with zero attached hydrogens (tertiary/aromatic N) is 1. The predicted molar refractivity (Wildman–Crippen MR) is 180 cm³/mol. The molecule has 5 aromatic rings. The van der Waals surface area contributed by atoms with Gasteiger partial charge in [0.2, 0.25) is 5.82 Å². The normalized spacial score (nSPS) is 17.2. The van der Waals surface area contributed by atoms with E-state index in [0.29, 0.717) is 39.5 Å². The Balaban J connectivity index is 1.21. The number of carboxylic acids is 1. The highest BCUT2D eigenvalue weighted by Gasteiger charge is 2.33. The Labute approximate surface area is 298 Å². The Morgan fingerprint density at radius 3 is 2.13 bits per heavy atom. The average molecular weight is 737 g/mol. The number of carbonyl (C=O) groups is 2. The first-order valence-corrected chi connectivity index (χ1v) is 16.8. The van der Waals surface area contributed by atoms with E-state index >= 15 is 0 Å². The second kappa shape index (κ2) is 16.0. The van der Waals surface area contributed by atoms with Crippen LogP contribution >= 0.6 is 11.8 Å². The molecule has 14 heteroatoms. The highest BCUT2D eigenvalue weighted by atomic mass is 32.2. The van der Waals surface area contributed by atoms with Gasteiger partial charge in [-0.05, 0) is 39.9 Å². The van der Waals surface area contributed by atoms with Gasteiger partial charge in [-0.3, -0.25) is 4.79 Å². The average Bonchev–Trinajstić information content (AvgIpc) is 3.18. The van der Waals surface area contributed by atoms with Crippen molar-refractivity contribution in [3.63, 3.8) is 0 Å². The van der Waals surface area contributed by atoms with Crippen molar-refractivity contribution in [1.29, 1.82) is 0 Å². The molecule has 3 atom stereocenters. The Kier molecular flexibility index (Phi) is 11.3. The molecule has 3 N–H and O–H groups in total. The van der Waals surface area contributed by atoms with Gasteiger partial charge in [-0.15, -0.1) is 11.8 Å². The molecular formula is C38H29F5N2O6S. The lowest BCUT2D eigenvalue weighted by atomic mass is 9.97. The summed E-state index contributed by atoms with van der Waals surface area (Å²) in [5, 5.41) is 21.7. The van der Waals surface area contributed by atoms with Crippen molar-refractivity contribution in [2.75, 3.05) is 5.75 Å². The molecule has 0 unspecified atom stereocenters. The Morgan fingerprint density at radius 1 is 0.808 bits per heavy atom. The minimum Gasteiger partial charge on any atom is -0.478 e. The standard InChI is InChI=1S/C38H29F5N2O6S/c39-30-29(31(40)33(42)34(43)32(30)41)35(47)45-17-24-4-1-2-5-26(24)21-11-13-23(14-12-21)38-50-25(19-52-36-27(37(48)49)6-3-15-44-36)16-28(51-38)22-9-7-20(18-46)8-10-22/h1-15,25,28,38,46H,16-19H2,(H,45,47)(H,48,49)/t25-,28+,38+/m0/s1. The lowest BCUT2D eigenvalue weighted by Crippen LogP contribution is -2.31. The number of halogens is 5. The van der Waals surface area contributed by atoms with Crippen LogP contribution in [0.1, 0.15) is 61.8 Å². The molecule has 1 saturated heterocycles. The van der Waals surface area contributed by atoms with Crippen LogP contribution in [0.15, 0.2) is 96.2 Å². The van der Waals surface area contributed by atoms with Gasteiger partial charge >= 0.3 is 5.97 Å². The first-order chi connectivity index (χ1) is 25.0. The molecule has 6 rings (SSSR count). The first kappa shape index (κ1) is 36.6. The third-order valence-corrected chi connectivity index (χ3v) is 9.55. The van der Waals surface area contributed by atoms with E-state index in [0.717, 1.165) is 11.1 Å². The summed E-state index contributed by atoms with van der Waals surface area (Å²) in [4.78, 5) is 28.5. The van der Waals surface area contributed by atoms with Gasteiger partial charge in [0, 0.05) is 30.5 Å². The van der Waals surface area contributed by atoms with Crippen LogP contribution in [0.2, 0.25) is 0 Å². The van der Waals surface area contributed by atoms with Gasteiger partial charge in [0.25, 0.3) is 5.91 Å². The fourth-order valence-electron chi connectivity index (χ4n) is 5.71. The van der Waals surface area contributed by atoms with E-state index < -0.39 is 58.9 Å². The Bertz CT molecular complexity index is 2070. The Hall–Kier alpha value is -5.15. The number of carbonyl (C=O) groups excluding carboxylic acids is 1. The van der Waals surface area contributed by atoms with Gasteiger partial charge in [-0.1, -0.05) is 72.8 Å². The molecule has 1 aliphatic heterocycles. The lowest BCUT2D eigenvalue weighted by molar-refractivity contribution is -0.245. The fourth-order valence-corrected chi connectivity index (χ4v) is 6.71. The summed E-state index contributed by atoms with van der Waals surface area (Å²) >= 11 is 1.26. The number of pyridine rings is 1. The molecule has 0 radical (unpaired) electrons. The minimum absolute atomic E-state index is 0.0836. The molecule has 1 aliphatic rings. The molecule has 2 heterocycles. The number of ether oxygens (including phenoxy) is 2. The summed E-state index contributed by atoms with van der Waals surface area (Å²) in [6, 6.07) is 24.3. The van der Waals surface area contributed by atoms with Crippen molar-refractivity contribution < 1.29 is 51.2 Å². The molecule has 1 aromatic heterocycles. The molecule has 0 aliphatic carbocycles. The number of aliphatic hydroxyl groups is 1. The molecular weight excluding hydrogens is 707 g/mol. The number of amides is 1. The molecule has 52 heavy (non-hydrogen) atoms. The van der Waals surface area contributed by atoms with Crippen molar-refractivity contribution in [2.45, 2.75) is 43.1 Å². The third-order valence-electron chi connectivity index (χ3n) is 8.41. The summed E-state index contributed by atoms with van der Waals surface area (Å²) in [6.45, 7) is -0.402. The molecule has 4 aromatic carbocycles. The lowest BCUT2D eigenvalue weighted by Gasteiger charge is -2.36. The second-order valence-corrected chi connectivity index (χ2v) is 12.7. The maximum atomic E-state index is 14.2. The van der Waals surface area contributed by atoms with E-state index in [4.69, 9.17) is 9.47 Å². The van der Waals surface area contributed by atoms with Crippen LogP contribution < -0.4 is 5.32 Å². The fraction of sp³-hybridized carbons (Fsp3) is 0.184. The van der Waals surface area contributed by atoms with Gasteiger partial charge in [0.1, 0.15) is 10.6 Å². The summed E-state index contributed by atoms with van der Waals surface area (Å²) < 4.78 is 82.1. The van der Waals surface area contributed by atoms with E-state index in [9.17, 15) is 41.8 Å². The van der Waals surface area contributed by atoms with Crippen LogP contribution in [-0.2, 0) is 22.6 Å². The van der Waals surface area contributed by atoms with Crippen LogP contribution in [0.3, 0.4) is 0 Å². The molecule has 0 saturated carbocycles. The van der Waals surface area contributed by atoms with E-state index in [1.54, 1.807) is 66.7 Å². The maximum Gasteiger partial charge on any atom is 0.338 e. The largest absolute Gasteiger partial charge is 0.478 e. The summed E-state index contributed by atoms with van der Waals surface area (Å²) in [6.07, 6.45) is 0.376. The number of carboxylic acid groups (broad SMARTS) is 1. The maximum absolute atomic E-state index is 14.2. The van der Waals surface area contributed by atoms with Gasteiger partial charge in [0.15, 0.2) is 29.6 Å². The number of rotatable bonds is 11. The van der Waals surface area contributed by atoms with E-state index in [1.165, 1.54) is 24.0 Å². The van der Waals surface area contributed by atoms with Crippen molar-refractivity contribution >= 4 is 23.6 Å². The minimum atomic E-state index is -2.36. The van der Waals surface area contributed by atoms with Crippen molar-refractivity contribution in [1.82, 2.24) is 10.3 Å². The molecule has 1 fully saturated rings. The zero-order valence-corrected chi connectivity index (χ0v) is 27.8. The van der Waals surface area contributed by atoms with Crippen LogP contribution in [-0.4, -0.2) is 38.9 Å². The number of benzene rings is 4. The SMILES string of the molecule is O=C(O)c1cccnc1SC[C@@H]1C[C@H](c2ccc(CO)cc2)O[C@H](c2ccc(-c3ccccc3CNC(=O)c3c(F)c(F)c(F)c(F)c3F)cc2)O1. The van der Waals surface area contributed by atoms with Crippen LogP contribution in [0, 0.1) is 29.1 Å². The van der Waals surface area contributed by atoms with Crippen LogP contribution in [0.25, 0.3) is 11.1 Å². The molecule has 0 spiro atoms. The van der Waals surface area contributed by atoms with E-state index in [2.05, 4.69) is 10.3 Å². The third kappa shape index (κ3) is 7.84. The quantitative estimate of drug-likeness (QED) is 0.0543. The highest BCUT2D eigenvalue weighted by Crippen LogP contribution is 2.40. The zero-order valence-electron chi connectivity index (χ0n) is 27.0. The Morgan fingerprint density at radius 2 is 1.46 bits per heavy atom. The second-order valence-electron chi connectivity index (χ2n) is 11.7. The van der Waals surface area contributed by atoms with Crippen molar-refractivity contribution in [2.24, 2.45) is 0 Å². The van der Waals surface area contributed by atoms with Crippen molar-refractivity contribution in [3.05, 3.63) is 154 Å². The number of nitrogens with one attached hydrogen (secondary N) is 1. The molecule has 1 amide bonds. The van der Waals surface area contributed by atoms with Crippen molar-refractivity contribution in [3.8, 4) is 11.1 Å². The molecule has 0 bridgehead atoms. The summed E-state index contributed by atoms with van der Waals surface area (Å²) in [5.41, 5.74) is 2.57. The van der Waals surface area contributed by atoms with E-state index in [1.807, 2.05) is 12.1 Å². The summed E-state index contributed by atoms with van der Waals surface area (Å²) in [5.74, 6) is -13.4. The number of aliphatic hydroxyl groups excluding tert-OH is 1. The number of aromatic nitrogens is 1. The summed E-state index contributed by atoms with van der Waals surface area (Å²) in [7, 11) is 0. The smallest absolute Gasteiger partial charge is 0.338 e. The zero-order chi connectivity index (χ0) is 36.9. The van der Waals surface area contributed by atoms with E-state index in [-0.39, 0.29) is 24.8 Å². The first-order valence-electron chi connectivity index (χ1n) is 15.8. The van der Waals surface area contributed by atoms with Crippen LogP contribution in [0.4, 0.5) is 22.0 Å². The number of hydrogen-bond acceptors (Lipinski definition) is 7. The predicted octanol–water partition coefficient (Wildman–Crippen LogP) is 7.90. The molecule has 268 valence electrons. The monoisotopic (exact) mass is 736 g/mol. The molecule has 8 nitrogen and oxygen atoms in total. The number of hydrogen-bond donors (Lipinski definition) is 3. The van der Waals surface area contributed by atoms with Gasteiger partial charge in [-0.25, -0.2) is 31.7 Å².